The third-order valence-corrected chi connectivity index (χ3v) is 2.97. The zero-order valence-corrected chi connectivity index (χ0v) is 7.63. The van der Waals surface area contributed by atoms with Crippen LogP contribution in [-0.2, 0) is 0 Å². The Morgan fingerprint density at radius 2 is 2.44 bits per heavy atom. The number of allylic oxidation sites excluding steroid dienone is 3. The van der Waals surface area contributed by atoms with Gasteiger partial charge in [0.1, 0.15) is 0 Å². The van der Waals surface area contributed by atoms with Crippen molar-refractivity contribution in [2.24, 2.45) is 0 Å². The van der Waals surface area contributed by atoms with E-state index in [1.54, 1.807) is 11.8 Å². The molecule has 0 bridgehead atoms. The van der Waals surface area contributed by atoms with Gasteiger partial charge in [0.2, 0.25) is 0 Å². The average Bonchev–Trinajstić information content (AvgIpc) is 1.89. The summed E-state index contributed by atoms with van der Waals surface area (Å²) in [7, 11) is 0. The molecule has 1 aliphatic carbocycles. The van der Waals surface area contributed by atoms with Crippen LogP contribution in [0.15, 0.2) is 21.5 Å². The lowest BCUT2D eigenvalue weighted by atomic mass is 10.2. The summed E-state index contributed by atoms with van der Waals surface area (Å²) in [4.78, 5) is 1.32. The van der Waals surface area contributed by atoms with E-state index in [2.05, 4.69) is 40.8 Å². The van der Waals surface area contributed by atoms with E-state index in [-0.39, 0.29) is 0 Å². The molecule has 2 heteroatoms. The lowest BCUT2D eigenvalue weighted by Crippen LogP contribution is -1.84. The highest BCUT2D eigenvalue weighted by atomic mass is 79.9. The van der Waals surface area contributed by atoms with E-state index < -0.39 is 0 Å². The second-order valence-electron chi connectivity index (χ2n) is 1.76. The average molecular weight is 204 g/mol. The number of thioether (sulfide) groups is 1. The lowest BCUT2D eigenvalue weighted by Gasteiger charge is -2.06. The second-order valence-corrected chi connectivity index (χ2v) is 3.46. The highest BCUT2D eigenvalue weighted by Crippen LogP contribution is 2.29. The predicted octanol–water partition coefficient (Wildman–Crippen LogP) is 3.12. The highest BCUT2D eigenvalue weighted by molar-refractivity contribution is 9.12. The van der Waals surface area contributed by atoms with E-state index in [1.807, 2.05) is 0 Å². The monoisotopic (exact) mass is 203 g/mol. The Bertz CT molecular complexity index is 158. The molecule has 0 atom stereocenters. The van der Waals surface area contributed by atoms with Crippen LogP contribution in [0, 0.1) is 6.42 Å². The molecule has 0 aromatic heterocycles. The summed E-state index contributed by atoms with van der Waals surface area (Å²) in [5.41, 5.74) is 0. The lowest BCUT2D eigenvalue weighted by molar-refractivity contribution is 1.25. The normalized spacial score (nSPS) is 18.9. The molecule has 0 fully saturated rings. The van der Waals surface area contributed by atoms with Gasteiger partial charge in [0.25, 0.3) is 0 Å². The van der Waals surface area contributed by atoms with E-state index in [4.69, 9.17) is 0 Å². The summed E-state index contributed by atoms with van der Waals surface area (Å²) in [6.07, 6.45) is 9.63. The molecule has 0 aromatic rings. The molecule has 0 aliphatic heterocycles. The van der Waals surface area contributed by atoms with Crippen molar-refractivity contribution in [1.29, 1.82) is 0 Å². The van der Waals surface area contributed by atoms with Crippen molar-refractivity contribution in [2.75, 3.05) is 6.26 Å². The minimum Gasteiger partial charge on any atom is -0.129 e. The third kappa shape index (κ3) is 1.87. The Balaban J connectivity index is 2.72. The van der Waals surface area contributed by atoms with Crippen LogP contribution >= 0.6 is 27.7 Å². The minimum atomic E-state index is 1.06. The van der Waals surface area contributed by atoms with E-state index in [0.717, 1.165) is 6.42 Å². The van der Waals surface area contributed by atoms with Gasteiger partial charge >= 0.3 is 0 Å². The summed E-state index contributed by atoms with van der Waals surface area (Å²) >= 11 is 5.24. The fourth-order valence-electron chi connectivity index (χ4n) is 0.692. The molecule has 0 saturated carbocycles. The minimum absolute atomic E-state index is 1.06. The van der Waals surface area contributed by atoms with Gasteiger partial charge in [-0.2, -0.15) is 0 Å². The van der Waals surface area contributed by atoms with E-state index in [9.17, 15) is 0 Å². The van der Waals surface area contributed by atoms with Gasteiger partial charge in [-0.1, -0.05) is 28.1 Å². The van der Waals surface area contributed by atoms with Crippen molar-refractivity contribution >= 4 is 27.7 Å². The Kier molecular flexibility index (Phi) is 2.86. The molecule has 49 valence electrons. The molecule has 1 radical (unpaired) electrons. The Morgan fingerprint density at radius 1 is 1.67 bits per heavy atom. The van der Waals surface area contributed by atoms with Crippen molar-refractivity contribution in [3.63, 3.8) is 0 Å². The number of hydrogen-bond donors (Lipinski definition) is 0. The van der Waals surface area contributed by atoms with Crippen molar-refractivity contribution in [1.82, 2.24) is 0 Å². The molecule has 0 N–H and O–H groups in total. The van der Waals surface area contributed by atoms with Crippen LogP contribution in [0.25, 0.3) is 0 Å². The van der Waals surface area contributed by atoms with Crippen LogP contribution in [0.5, 0.6) is 0 Å². The highest BCUT2D eigenvalue weighted by Gasteiger charge is 2.02. The maximum absolute atomic E-state index is 3.47. The molecule has 0 saturated heterocycles. The molecule has 1 aliphatic rings. The van der Waals surface area contributed by atoms with Gasteiger partial charge in [-0.15, -0.1) is 11.8 Å². The van der Waals surface area contributed by atoms with Crippen molar-refractivity contribution in [3.8, 4) is 0 Å². The molecule has 1 rings (SSSR count). The first kappa shape index (κ1) is 7.42. The zero-order chi connectivity index (χ0) is 6.69. The van der Waals surface area contributed by atoms with E-state index in [1.165, 1.54) is 9.39 Å². The molecule has 0 spiro atoms. The van der Waals surface area contributed by atoms with Crippen LogP contribution < -0.4 is 0 Å². The molecule has 0 nitrogen and oxygen atoms in total. The number of hydrogen-bond acceptors (Lipinski definition) is 1. The number of halogens is 1. The Labute approximate surface area is 68.5 Å². The SMILES string of the molecule is CSC1=C(Br)[CH]CC=C1. The molecule has 9 heavy (non-hydrogen) atoms. The van der Waals surface area contributed by atoms with Crippen molar-refractivity contribution < 1.29 is 0 Å². The van der Waals surface area contributed by atoms with Crippen LogP contribution in [0.3, 0.4) is 0 Å². The Hall–Kier alpha value is 0.310. The molecule has 0 unspecified atom stereocenters. The molecule has 0 amide bonds. The first-order valence-corrected chi connectivity index (χ1v) is 4.80. The zero-order valence-electron chi connectivity index (χ0n) is 5.23. The molecular weight excluding hydrogens is 196 g/mol. The second kappa shape index (κ2) is 3.47. The van der Waals surface area contributed by atoms with E-state index in [0.29, 0.717) is 0 Å². The standard InChI is InChI=1S/C7H8BrS/c1-9-7-5-3-2-4-6(7)8/h3-5H,2H2,1H3. The van der Waals surface area contributed by atoms with Crippen LogP contribution in [-0.4, -0.2) is 6.26 Å². The Morgan fingerprint density at radius 3 is 2.89 bits per heavy atom. The first-order chi connectivity index (χ1) is 4.34. The van der Waals surface area contributed by atoms with Crippen LogP contribution in [0.4, 0.5) is 0 Å². The smallest absolute Gasteiger partial charge is 0.0170 e. The van der Waals surface area contributed by atoms with Crippen LogP contribution in [0.2, 0.25) is 0 Å². The van der Waals surface area contributed by atoms with Gasteiger partial charge in [0.05, 0.1) is 0 Å². The third-order valence-electron chi connectivity index (χ3n) is 1.16. The quantitative estimate of drug-likeness (QED) is 0.632. The van der Waals surface area contributed by atoms with Gasteiger partial charge in [-0.25, -0.2) is 0 Å². The molecular formula is C7H8BrS. The topological polar surface area (TPSA) is 0 Å². The molecule has 0 heterocycles. The first-order valence-electron chi connectivity index (χ1n) is 2.78. The summed E-state index contributed by atoms with van der Waals surface area (Å²) in [5.74, 6) is 0. The molecule has 0 aromatic carbocycles. The van der Waals surface area contributed by atoms with Gasteiger partial charge in [-0.05, 0) is 12.7 Å². The van der Waals surface area contributed by atoms with Crippen molar-refractivity contribution in [3.05, 3.63) is 28.0 Å². The predicted molar refractivity (Wildman–Crippen MR) is 47.5 cm³/mol. The summed E-state index contributed by atoms with van der Waals surface area (Å²) in [5, 5.41) is 0. The van der Waals surface area contributed by atoms with Gasteiger partial charge in [0.15, 0.2) is 0 Å². The maximum Gasteiger partial charge on any atom is 0.0170 e. The summed E-state index contributed by atoms with van der Waals surface area (Å²) < 4.78 is 1.23. The van der Waals surface area contributed by atoms with Gasteiger partial charge in [0, 0.05) is 15.8 Å². The largest absolute Gasteiger partial charge is 0.129 e. The summed E-state index contributed by atoms with van der Waals surface area (Å²) in [6.45, 7) is 0. The van der Waals surface area contributed by atoms with Crippen LogP contribution in [0.1, 0.15) is 6.42 Å². The maximum atomic E-state index is 3.47. The fourth-order valence-corrected chi connectivity index (χ4v) is 2.01. The van der Waals surface area contributed by atoms with Crippen molar-refractivity contribution in [2.45, 2.75) is 6.42 Å². The van der Waals surface area contributed by atoms with Gasteiger partial charge in [-0.3, -0.25) is 0 Å². The fraction of sp³-hybridized carbons (Fsp3) is 0.286. The van der Waals surface area contributed by atoms with E-state index >= 15 is 0 Å². The summed E-state index contributed by atoms with van der Waals surface area (Å²) in [6, 6.07) is 0. The number of rotatable bonds is 1. The van der Waals surface area contributed by atoms with Gasteiger partial charge < -0.3 is 0 Å².